The molecule has 0 amide bonds. The van der Waals surface area contributed by atoms with Crippen molar-refractivity contribution >= 4 is 33.2 Å². The number of para-hydroxylation sites is 1. The zero-order valence-corrected chi connectivity index (χ0v) is 14.1. The summed E-state index contributed by atoms with van der Waals surface area (Å²) < 4.78 is 0. The van der Waals surface area contributed by atoms with E-state index < -0.39 is 0 Å². The Labute approximate surface area is 150 Å². The lowest BCUT2D eigenvalue weighted by Crippen LogP contribution is -2.07. The minimum atomic E-state index is -0.346. The molecule has 0 fully saturated rings. The van der Waals surface area contributed by atoms with Crippen molar-refractivity contribution in [1.29, 1.82) is 0 Å². The van der Waals surface area contributed by atoms with Crippen molar-refractivity contribution in [2.45, 2.75) is 6.42 Å². The minimum absolute atomic E-state index is 0.0722. The van der Waals surface area contributed by atoms with Crippen LogP contribution < -0.4 is 5.32 Å². The summed E-state index contributed by atoms with van der Waals surface area (Å²) in [6, 6.07) is 22.9. The summed E-state index contributed by atoms with van der Waals surface area (Å²) in [6.07, 6.45) is 0.833. The Balaban J connectivity index is 1.82. The van der Waals surface area contributed by atoms with Crippen molar-refractivity contribution in [2.24, 2.45) is 0 Å². The first kappa shape index (κ1) is 16.0. The van der Waals surface area contributed by atoms with Crippen LogP contribution in [0.3, 0.4) is 0 Å². The molecule has 0 saturated heterocycles. The summed E-state index contributed by atoms with van der Waals surface area (Å²) in [5.74, 6) is 0. The molecule has 0 saturated carbocycles. The predicted octanol–water partition coefficient (Wildman–Crippen LogP) is 4.95. The minimum Gasteiger partial charge on any atom is -0.383 e. The van der Waals surface area contributed by atoms with E-state index in [1.807, 2.05) is 48.5 Å². The monoisotopic (exact) mass is 343 g/mol. The number of hydrogen-bond donors (Lipinski definition) is 1. The number of pyridine rings is 1. The molecule has 1 heterocycles. The molecule has 0 aliphatic rings. The highest BCUT2D eigenvalue weighted by Crippen LogP contribution is 2.36. The maximum Gasteiger partial charge on any atom is 0.280 e. The van der Waals surface area contributed by atoms with E-state index in [9.17, 15) is 10.1 Å². The number of nitrogens with zero attached hydrogens (tertiary/aromatic N) is 2. The first-order valence-corrected chi connectivity index (χ1v) is 8.48. The van der Waals surface area contributed by atoms with Gasteiger partial charge in [-0.3, -0.25) is 10.1 Å². The predicted molar refractivity (Wildman–Crippen MR) is 105 cm³/mol. The normalized spacial score (nSPS) is 10.9. The fourth-order valence-electron chi connectivity index (χ4n) is 3.24. The molecular formula is C21H17N3O2. The number of hydrogen-bond acceptors (Lipinski definition) is 4. The maximum atomic E-state index is 11.5. The van der Waals surface area contributed by atoms with Gasteiger partial charge in [-0.25, -0.2) is 4.98 Å². The van der Waals surface area contributed by atoms with Crippen LogP contribution in [0.5, 0.6) is 0 Å². The van der Waals surface area contributed by atoms with Crippen molar-refractivity contribution in [3.63, 3.8) is 0 Å². The van der Waals surface area contributed by atoms with Gasteiger partial charge in [-0.15, -0.1) is 0 Å². The van der Waals surface area contributed by atoms with Gasteiger partial charge in [0.15, 0.2) is 0 Å². The Morgan fingerprint density at radius 1 is 0.885 bits per heavy atom. The second kappa shape index (κ2) is 6.80. The number of nitrogens with one attached hydrogen (secondary N) is 1. The summed E-state index contributed by atoms with van der Waals surface area (Å²) in [5, 5.41) is 16.4. The molecular weight excluding hydrogens is 326 g/mol. The van der Waals surface area contributed by atoms with Crippen LogP contribution in [-0.2, 0) is 6.42 Å². The number of anilines is 1. The number of benzene rings is 3. The fraction of sp³-hybridized carbons (Fsp3) is 0.0952. The molecule has 0 radical (unpaired) electrons. The Morgan fingerprint density at radius 2 is 1.62 bits per heavy atom. The molecule has 5 nitrogen and oxygen atoms in total. The molecule has 128 valence electrons. The van der Waals surface area contributed by atoms with E-state index in [2.05, 4.69) is 22.4 Å². The molecule has 0 aliphatic heterocycles. The summed E-state index contributed by atoms with van der Waals surface area (Å²) in [6.45, 7) is 0.680. The summed E-state index contributed by atoms with van der Waals surface area (Å²) in [4.78, 5) is 15.8. The highest BCUT2D eigenvalue weighted by Gasteiger charge is 2.18. The fourth-order valence-corrected chi connectivity index (χ4v) is 3.24. The zero-order chi connectivity index (χ0) is 17.9. The van der Waals surface area contributed by atoms with Gasteiger partial charge < -0.3 is 5.32 Å². The van der Waals surface area contributed by atoms with E-state index in [0.717, 1.165) is 23.0 Å². The third kappa shape index (κ3) is 2.95. The van der Waals surface area contributed by atoms with E-state index >= 15 is 0 Å². The van der Waals surface area contributed by atoms with Crippen LogP contribution in [0.2, 0.25) is 0 Å². The average Bonchev–Trinajstić information content (AvgIpc) is 2.67. The van der Waals surface area contributed by atoms with Crippen molar-refractivity contribution in [3.8, 4) is 0 Å². The summed E-state index contributed by atoms with van der Waals surface area (Å²) in [7, 11) is 0. The standard InChI is InChI=1S/C21H17N3O2/c25-24(26)19-12-6-11-18-20(19)21(16-9-4-5-10-17(16)23-18)22-14-13-15-7-2-1-3-8-15/h1-12H,13-14H2,(H,22,23). The molecule has 0 aliphatic carbocycles. The summed E-state index contributed by atoms with van der Waals surface area (Å²) >= 11 is 0. The third-order valence-corrected chi connectivity index (χ3v) is 4.44. The molecule has 4 rings (SSSR count). The highest BCUT2D eigenvalue weighted by molar-refractivity contribution is 6.11. The number of nitro benzene ring substituents is 1. The molecule has 4 aromatic rings. The largest absolute Gasteiger partial charge is 0.383 e. The van der Waals surface area contributed by atoms with E-state index in [1.54, 1.807) is 6.07 Å². The molecule has 0 bridgehead atoms. The number of nitro groups is 1. The van der Waals surface area contributed by atoms with Crippen molar-refractivity contribution in [3.05, 3.63) is 88.5 Å². The Morgan fingerprint density at radius 3 is 2.42 bits per heavy atom. The third-order valence-electron chi connectivity index (χ3n) is 4.44. The van der Waals surface area contributed by atoms with Crippen LogP contribution in [-0.4, -0.2) is 16.5 Å². The Hall–Kier alpha value is -3.47. The van der Waals surface area contributed by atoms with Crippen LogP contribution in [0.1, 0.15) is 5.56 Å². The van der Waals surface area contributed by atoms with Gasteiger partial charge in [0.05, 0.1) is 21.6 Å². The van der Waals surface area contributed by atoms with E-state index in [4.69, 9.17) is 0 Å². The van der Waals surface area contributed by atoms with E-state index in [0.29, 0.717) is 17.4 Å². The molecule has 26 heavy (non-hydrogen) atoms. The van der Waals surface area contributed by atoms with Crippen LogP contribution in [0, 0.1) is 10.1 Å². The van der Waals surface area contributed by atoms with Crippen molar-refractivity contribution in [1.82, 2.24) is 4.98 Å². The topological polar surface area (TPSA) is 68.1 Å². The first-order valence-electron chi connectivity index (χ1n) is 8.48. The van der Waals surface area contributed by atoms with Gasteiger partial charge in [-0.2, -0.15) is 0 Å². The van der Waals surface area contributed by atoms with Gasteiger partial charge in [0.2, 0.25) is 0 Å². The lowest BCUT2D eigenvalue weighted by atomic mass is 10.1. The first-order chi connectivity index (χ1) is 12.7. The quantitative estimate of drug-likeness (QED) is 0.316. The molecule has 1 aromatic heterocycles. The molecule has 3 aromatic carbocycles. The SMILES string of the molecule is O=[N+]([O-])c1cccc2nc3ccccc3c(NCCc3ccccc3)c12. The van der Waals surface area contributed by atoms with E-state index in [1.165, 1.54) is 11.6 Å². The van der Waals surface area contributed by atoms with Gasteiger partial charge in [0, 0.05) is 18.0 Å². The van der Waals surface area contributed by atoms with Gasteiger partial charge in [-0.1, -0.05) is 54.6 Å². The number of fused-ring (bicyclic) bond motifs is 2. The van der Waals surface area contributed by atoms with Gasteiger partial charge in [0.1, 0.15) is 5.39 Å². The Kier molecular flexibility index (Phi) is 4.19. The van der Waals surface area contributed by atoms with Crippen LogP contribution in [0.4, 0.5) is 11.4 Å². The van der Waals surface area contributed by atoms with Crippen LogP contribution >= 0.6 is 0 Å². The lowest BCUT2D eigenvalue weighted by molar-refractivity contribution is -0.383. The molecule has 0 spiro atoms. The zero-order valence-electron chi connectivity index (χ0n) is 14.1. The number of non-ortho nitro benzene ring substituents is 1. The molecule has 1 N–H and O–H groups in total. The van der Waals surface area contributed by atoms with Crippen molar-refractivity contribution in [2.75, 3.05) is 11.9 Å². The maximum absolute atomic E-state index is 11.5. The van der Waals surface area contributed by atoms with Gasteiger partial charge >= 0.3 is 0 Å². The molecule has 0 unspecified atom stereocenters. The molecule has 0 atom stereocenters. The van der Waals surface area contributed by atoms with Crippen LogP contribution in [0.25, 0.3) is 21.8 Å². The lowest BCUT2D eigenvalue weighted by Gasteiger charge is -2.13. The molecule has 5 heteroatoms. The van der Waals surface area contributed by atoms with Crippen LogP contribution in [0.15, 0.2) is 72.8 Å². The second-order valence-corrected chi connectivity index (χ2v) is 6.09. The number of rotatable bonds is 5. The van der Waals surface area contributed by atoms with E-state index in [-0.39, 0.29) is 10.6 Å². The van der Waals surface area contributed by atoms with Gasteiger partial charge in [0.25, 0.3) is 5.69 Å². The van der Waals surface area contributed by atoms with Crippen molar-refractivity contribution < 1.29 is 4.92 Å². The summed E-state index contributed by atoms with van der Waals surface area (Å²) in [5.41, 5.74) is 3.51. The Bertz CT molecular complexity index is 1090. The second-order valence-electron chi connectivity index (χ2n) is 6.09. The smallest absolute Gasteiger partial charge is 0.280 e. The number of aromatic nitrogens is 1. The average molecular weight is 343 g/mol. The van der Waals surface area contributed by atoms with Gasteiger partial charge in [-0.05, 0) is 24.1 Å². The highest BCUT2D eigenvalue weighted by atomic mass is 16.6.